The molecule has 0 aliphatic carbocycles. The van der Waals surface area contributed by atoms with E-state index in [9.17, 15) is 14.4 Å². The predicted octanol–water partition coefficient (Wildman–Crippen LogP) is 1.79. The van der Waals surface area contributed by atoms with E-state index in [1.54, 1.807) is 14.2 Å². The fourth-order valence-electron chi connectivity index (χ4n) is 2.86. The zero-order chi connectivity index (χ0) is 31.1. The average molecular weight is 708 g/mol. The van der Waals surface area contributed by atoms with Crippen LogP contribution in [0.15, 0.2) is 30.3 Å². The first kappa shape index (κ1) is 52.2. The number of likely N-dealkylation sites (N-methyl/N-ethyl adjacent to an activating group) is 1. The van der Waals surface area contributed by atoms with Gasteiger partial charge in [-0.3, -0.25) is 14.8 Å². The van der Waals surface area contributed by atoms with Gasteiger partial charge in [-0.05, 0) is 37.9 Å². The summed E-state index contributed by atoms with van der Waals surface area (Å²) in [6.07, 6.45) is 2.54. The van der Waals surface area contributed by atoms with Crippen LogP contribution in [0.25, 0.3) is 0 Å². The van der Waals surface area contributed by atoms with E-state index in [-0.39, 0.29) is 84.4 Å². The summed E-state index contributed by atoms with van der Waals surface area (Å²) >= 11 is 0. The molecule has 1 radical (unpaired) electrons. The van der Waals surface area contributed by atoms with Gasteiger partial charge in [0.15, 0.2) is 0 Å². The first-order chi connectivity index (χ1) is 19.8. The van der Waals surface area contributed by atoms with Crippen LogP contribution in [0, 0.1) is 20.8 Å². The number of amides is 2. The maximum Gasteiger partial charge on any atom is 0.234 e. The van der Waals surface area contributed by atoms with E-state index in [2.05, 4.69) is 15.5 Å². The SMILES string of the molecule is CNC(CCCN)C(N)=O.COCCOCCOCCOCCC(=O)NC(C=O)C(C)C.OOCc1ccccc1.[CH3-].[CH3-].[Y]. The normalized spacial score (nSPS) is 11.1. The largest absolute Gasteiger partial charge is 0.382 e. The number of rotatable bonds is 22. The zero-order valence-electron chi connectivity index (χ0n) is 27.6. The Labute approximate surface area is 290 Å². The fourth-order valence-corrected chi connectivity index (χ4v) is 2.86. The van der Waals surface area contributed by atoms with Crippen LogP contribution in [0.2, 0.25) is 0 Å². The van der Waals surface area contributed by atoms with E-state index in [4.69, 9.17) is 35.7 Å². The van der Waals surface area contributed by atoms with Crippen molar-refractivity contribution in [1.29, 1.82) is 0 Å². The van der Waals surface area contributed by atoms with Crippen LogP contribution in [0.4, 0.5) is 0 Å². The molecule has 0 fully saturated rings. The molecule has 44 heavy (non-hydrogen) atoms. The molecule has 0 bridgehead atoms. The molecular formula is C30H58N4O9Y-2. The predicted molar refractivity (Wildman–Crippen MR) is 169 cm³/mol. The van der Waals surface area contributed by atoms with Crippen molar-refractivity contribution in [2.24, 2.45) is 17.4 Å². The Hall–Kier alpha value is -1.39. The Kier molecular flexibility index (Phi) is 47.0. The number of nitrogens with one attached hydrogen (secondary N) is 2. The molecule has 1 aromatic carbocycles. The van der Waals surface area contributed by atoms with Crippen molar-refractivity contribution < 1.29 is 76.2 Å². The summed E-state index contributed by atoms with van der Waals surface area (Å²) in [5, 5.41) is 13.5. The fraction of sp³-hybridized carbons (Fsp3) is 0.633. The average Bonchev–Trinajstić information content (AvgIpc) is 2.96. The molecule has 2 amide bonds. The maximum absolute atomic E-state index is 11.6. The van der Waals surface area contributed by atoms with E-state index in [1.165, 1.54) is 0 Å². The second kappa shape index (κ2) is 39.6. The summed E-state index contributed by atoms with van der Waals surface area (Å²) < 4.78 is 20.7. The third-order valence-electron chi connectivity index (χ3n) is 5.30. The van der Waals surface area contributed by atoms with Gasteiger partial charge in [0, 0.05) is 46.2 Å². The van der Waals surface area contributed by atoms with Gasteiger partial charge in [-0.2, -0.15) is 0 Å². The van der Waals surface area contributed by atoms with Gasteiger partial charge in [0.25, 0.3) is 0 Å². The Morgan fingerprint density at radius 1 is 0.955 bits per heavy atom. The second-order valence-corrected chi connectivity index (χ2v) is 8.99. The molecule has 1 rings (SSSR count). The summed E-state index contributed by atoms with van der Waals surface area (Å²) in [6, 6.07) is 8.83. The van der Waals surface area contributed by atoms with Crippen LogP contribution in [-0.4, -0.2) is 102 Å². The van der Waals surface area contributed by atoms with Crippen molar-refractivity contribution in [2.45, 2.75) is 51.8 Å². The number of primary amides is 1. The Morgan fingerprint density at radius 3 is 1.89 bits per heavy atom. The molecule has 257 valence electrons. The quantitative estimate of drug-likeness (QED) is 0.0388. The molecule has 0 saturated carbocycles. The van der Waals surface area contributed by atoms with Crippen LogP contribution in [0.5, 0.6) is 0 Å². The molecule has 0 saturated heterocycles. The number of hydrogen-bond donors (Lipinski definition) is 5. The number of methoxy groups -OCH3 is 1. The number of benzene rings is 1. The van der Waals surface area contributed by atoms with Crippen molar-refractivity contribution in [3.05, 3.63) is 50.7 Å². The van der Waals surface area contributed by atoms with Crippen LogP contribution < -0.4 is 22.1 Å². The minimum Gasteiger partial charge on any atom is -0.382 e. The minimum atomic E-state index is -0.436. The molecule has 0 aliphatic heterocycles. The van der Waals surface area contributed by atoms with Crippen LogP contribution in [0.3, 0.4) is 0 Å². The topological polar surface area (TPSA) is 194 Å². The number of carbonyl (C=O) groups is 3. The van der Waals surface area contributed by atoms with Crippen molar-refractivity contribution in [1.82, 2.24) is 10.6 Å². The van der Waals surface area contributed by atoms with E-state index in [0.29, 0.717) is 52.8 Å². The number of hydrogen-bond acceptors (Lipinski definition) is 11. The Morgan fingerprint density at radius 2 is 1.48 bits per heavy atom. The number of aldehydes is 1. The number of ether oxygens (including phenoxy) is 4. The van der Waals surface area contributed by atoms with Gasteiger partial charge in [0.05, 0.1) is 58.3 Å². The molecule has 2 atom stereocenters. The van der Waals surface area contributed by atoms with E-state index < -0.39 is 6.04 Å². The smallest absolute Gasteiger partial charge is 0.234 e. The summed E-state index contributed by atoms with van der Waals surface area (Å²) in [6.45, 7) is 7.98. The first-order valence-electron chi connectivity index (χ1n) is 13.7. The molecule has 0 aromatic heterocycles. The molecular weight excluding hydrogens is 649 g/mol. The summed E-state index contributed by atoms with van der Waals surface area (Å²) in [5.74, 6) is -0.406. The van der Waals surface area contributed by atoms with Crippen molar-refractivity contribution in [3.63, 3.8) is 0 Å². The Bertz CT molecular complexity index is 750. The van der Waals surface area contributed by atoms with Gasteiger partial charge in [0.1, 0.15) is 12.9 Å². The number of nitrogens with two attached hydrogens (primary N) is 2. The van der Waals surface area contributed by atoms with E-state index in [1.807, 2.05) is 44.2 Å². The molecule has 2 unspecified atom stereocenters. The third-order valence-corrected chi connectivity index (χ3v) is 5.30. The van der Waals surface area contributed by atoms with Crippen molar-refractivity contribution >= 4 is 18.1 Å². The summed E-state index contributed by atoms with van der Waals surface area (Å²) in [4.78, 5) is 36.8. The second-order valence-electron chi connectivity index (χ2n) is 8.99. The Balaban J connectivity index is -0.000000192. The molecule has 0 spiro atoms. The molecule has 0 aliphatic rings. The van der Waals surface area contributed by atoms with Gasteiger partial charge in [0.2, 0.25) is 11.8 Å². The summed E-state index contributed by atoms with van der Waals surface area (Å²) in [7, 11) is 3.34. The van der Waals surface area contributed by atoms with Gasteiger partial charge < -0.3 is 60.7 Å². The molecule has 1 aromatic rings. The number of carbonyl (C=O) groups excluding carboxylic acids is 3. The van der Waals surface area contributed by atoms with Crippen molar-refractivity contribution in [2.75, 3.05) is 67.0 Å². The minimum absolute atomic E-state index is 0. The van der Waals surface area contributed by atoms with Gasteiger partial charge in [-0.15, -0.1) is 0 Å². The van der Waals surface area contributed by atoms with Crippen LogP contribution in [-0.2, 0) is 77.5 Å². The van der Waals surface area contributed by atoms with Crippen LogP contribution in [0.1, 0.15) is 38.7 Å². The maximum atomic E-state index is 11.6. The monoisotopic (exact) mass is 707 g/mol. The first-order valence-corrected chi connectivity index (χ1v) is 13.7. The molecule has 0 heterocycles. The molecule has 14 heteroatoms. The molecule has 7 N–H and O–H groups in total. The van der Waals surface area contributed by atoms with E-state index >= 15 is 0 Å². The van der Waals surface area contributed by atoms with Gasteiger partial charge >= 0.3 is 0 Å². The molecule has 13 nitrogen and oxygen atoms in total. The van der Waals surface area contributed by atoms with Crippen LogP contribution >= 0.6 is 0 Å². The summed E-state index contributed by atoms with van der Waals surface area (Å²) in [5.41, 5.74) is 11.3. The van der Waals surface area contributed by atoms with Crippen molar-refractivity contribution in [3.8, 4) is 0 Å². The zero-order valence-corrected chi connectivity index (χ0v) is 30.5. The van der Waals surface area contributed by atoms with Gasteiger partial charge in [-0.25, -0.2) is 4.89 Å². The standard InChI is InChI=1S/C15H29NO6.C7H8O2.C6H15N3O.2CH3.Y/c1-13(2)14(12-17)16-15(18)4-5-20-8-9-22-11-10-21-7-6-19-3;8-9-6-7-4-2-1-3-5-7;1-9-5(6(8)10)3-2-4-7;;;/h12-14H,4-11H2,1-3H3,(H,16,18);1-5,8H,6H2;5,9H,2-4,7H2,1H3,(H2,8,10);2*1H3;/q;;;2*-1;. The van der Waals surface area contributed by atoms with Gasteiger partial charge in [-0.1, -0.05) is 44.2 Å². The van der Waals surface area contributed by atoms with E-state index in [0.717, 1.165) is 24.7 Å². The third kappa shape index (κ3) is 35.1.